The second-order valence-electron chi connectivity index (χ2n) is 4.86. The molecule has 15 heavy (non-hydrogen) atoms. The van der Waals surface area contributed by atoms with Crippen LogP contribution in [0.15, 0.2) is 5.10 Å². The highest BCUT2D eigenvalue weighted by molar-refractivity contribution is 5.56. The van der Waals surface area contributed by atoms with Crippen LogP contribution in [0.4, 0.5) is 0 Å². The van der Waals surface area contributed by atoms with Gasteiger partial charge < -0.3 is 4.90 Å². The molecule has 0 amide bonds. The van der Waals surface area contributed by atoms with Crippen molar-refractivity contribution in [1.82, 2.24) is 9.91 Å². The third-order valence-electron chi connectivity index (χ3n) is 3.83. The van der Waals surface area contributed by atoms with Crippen LogP contribution in [0, 0.1) is 5.92 Å². The minimum absolute atomic E-state index is 0.526. The minimum atomic E-state index is 0.526. The van der Waals surface area contributed by atoms with Crippen LogP contribution < -0.4 is 0 Å². The van der Waals surface area contributed by atoms with Gasteiger partial charge in [0, 0.05) is 13.6 Å². The Hall–Kier alpha value is -0.730. The Bertz CT molecular complexity index is 221. The topological polar surface area (TPSA) is 18.8 Å². The summed E-state index contributed by atoms with van der Waals surface area (Å²) in [5.41, 5.74) is 0. The van der Waals surface area contributed by atoms with Crippen LogP contribution in [0.25, 0.3) is 0 Å². The fourth-order valence-electron chi connectivity index (χ4n) is 2.82. The van der Waals surface area contributed by atoms with Crippen LogP contribution in [0.2, 0.25) is 0 Å². The SMILES string of the molecule is CCN1C=NN(C)[C@@H]1CC1CCCCC1. The minimum Gasteiger partial charge on any atom is -0.340 e. The maximum absolute atomic E-state index is 4.37. The lowest BCUT2D eigenvalue weighted by Crippen LogP contribution is -2.39. The van der Waals surface area contributed by atoms with Crippen LogP contribution in [0.5, 0.6) is 0 Å². The Labute approximate surface area is 93.1 Å². The Morgan fingerprint density at radius 2 is 2.00 bits per heavy atom. The molecule has 0 aromatic rings. The number of nitrogens with zero attached hydrogens (tertiary/aromatic N) is 3. The smallest absolute Gasteiger partial charge is 0.119 e. The van der Waals surface area contributed by atoms with E-state index in [4.69, 9.17) is 0 Å². The van der Waals surface area contributed by atoms with Gasteiger partial charge in [0.05, 0.1) is 0 Å². The summed E-state index contributed by atoms with van der Waals surface area (Å²) in [6.07, 6.45) is 11.0. The number of hydrogen-bond donors (Lipinski definition) is 0. The average molecular weight is 209 g/mol. The van der Waals surface area contributed by atoms with Crippen molar-refractivity contribution in [2.24, 2.45) is 11.0 Å². The van der Waals surface area contributed by atoms with E-state index in [0.717, 1.165) is 12.5 Å². The molecule has 0 spiro atoms. The molecule has 86 valence electrons. The van der Waals surface area contributed by atoms with Gasteiger partial charge in [-0.3, -0.25) is 5.01 Å². The Kier molecular flexibility index (Phi) is 3.49. The van der Waals surface area contributed by atoms with Crippen molar-refractivity contribution in [3.05, 3.63) is 0 Å². The molecular formula is C12H23N3. The zero-order valence-electron chi connectivity index (χ0n) is 10.0. The first-order valence-electron chi connectivity index (χ1n) is 6.34. The number of hydrogen-bond acceptors (Lipinski definition) is 3. The maximum Gasteiger partial charge on any atom is 0.119 e. The first kappa shape index (κ1) is 10.8. The molecule has 3 heteroatoms. The quantitative estimate of drug-likeness (QED) is 0.711. The second-order valence-corrected chi connectivity index (χ2v) is 4.86. The highest BCUT2D eigenvalue weighted by Gasteiger charge is 2.27. The molecule has 0 unspecified atom stereocenters. The molecule has 1 atom stereocenters. The van der Waals surface area contributed by atoms with Gasteiger partial charge in [-0.2, -0.15) is 5.10 Å². The number of hydrazone groups is 1. The lowest BCUT2D eigenvalue weighted by atomic mass is 9.86. The molecule has 0 saturated heterocycles. The van der Waals surface area contributed by atoms with Crippen LogP contribution in [-0.4, -0.2) is 36.0 Å². The second kappa shape index (κ2) is 4.86. The fraction of sp³-hybridized carbons (Fsp3) is 0.917. The molecule has 0 N–H and O–H groups in total. The average Bonchev–Trinajstić information content (AvgIpc) is 2.62. The summed E-state index contributed by atoms with van der Waals surface area (Å²) < 4.78 is 0. The van der Waals surface area contributed by atoms with Crippen molar-refractivity contribution in [2.45, 2.75) is 51.6 Å². The first-order valence-corrected chi connectivity index (χ1v) is 6.34. The van der Waals surface area contributed by atoms with Gasteiger partial charge >= 0.3 is 0 Å². The highest BCUT2D eigenvalue weighted by Crippen LogP contribution is 2.30. The summed E-state index contributed by atoms with van der Waals surface area (Å²) in [6.45, 7) is 3.28. The van der Waals surface area contributed by atoms with Gasteiger partial charge in [0.25, 0.3) is 0 Å². The molecule has 0 radical (unpaired) electrons. The molecule has 1 saturated carbocycles. The van der Waals surface area contributed by atoms with E-state index in [-0.39, 0.29) is 0 Å². The Morgan fingerprint density at radius 3 is 2.67 bits per heavy atom. The standard InChI is InChI=1S/C12H23N3/c1-3-15-10-13-14(2)12(15)9-11-7-5-4-6-8-11/h10-12H,3-9H2,1-2H3/t12-/m0/s1. The molecule has 0 aromatic carbocycles. The summed E-state index contributed by atoms with van der Waals surface area (Å²) in [5, 5.41) is 6.49. The van der Waals surface area contributed by atoms with Crippen LogP contribution in [0.3, 0.4) is 0 Å². The molecular weight excluding hydrogens is 186 g/mol. The molecule has 1 fully saturated rings. The van der Waals surface area contributed by atoms with E-state index >= 15 is 0 Å². The largest absolute Gasteiger partial charge is 0.340 e. The molecule has 1 heterocycles. The van der Waals surface area contributed by atoms with Crippen molar-refractivity contribution in [3.63, 3.8) is 0 Å². The molecule has 0 bridgehead atoms. The predicted octanol–water partition coefficient (Wildman–Crippen LogP) is 2.49. The van der Waals surface area contributed by atoms with Crippen molar-refractivity contribution in [1.29, 1.82) is 0 Å². The van der Waals surface area contributed by atoms with E-state index < -0.39 is 0 Å². The van der Waals surface area contributed by atoms with Gasteiger partial charge in [-0.1, -0.05) is 32.1 Å². The van der Waals surface area contributed by atoms with Crippen LogP contribution in [0.1, 0.15) is 45.4 Å². The predicted molar refractivity (Wildman–Crippen MR) is 63.6 cm³/mol. The zero-order chi connectivity index (χ0) is 10.7. The Morgan fingerprint density at radius 1 is 1.27 bits per heavy atom. The maximum atomic E-state index is 4.37. The molecule has 2 aliphatic rings. The summed E-state index contributed by atoms with van der Waals surface area (Å²) in [4.78, 5) is 2.36. The van der Waals surface area contributed by atoms with Crippen LogP contribution >= 0.6 is 0 Å². The van der Waals surface area contributed by atoms with Crippen molar-refractivity contribution in [3.8, 4) is 0 Å². The van der Waals surface area contributed by atoms with Crippen molar-refractivity contribution < 1.29 is 0 Å². The third kappa shape index (κ3) is 2.44. The summed E-state index contributed by atoms with van der Waals surface area (Å²) in [6, 6.07) is 0. The van der Waals surface area contributed by atoms with E-state index in [1.54, 1.807) is 0 Å². The number of rotatable bonds is 3. The monoisotopic (exact) mass is 209 g/mol. The van der Waals surface area contributed by atoms with Crippen molar-refractivity contribution in [2.75, 3.05) is 13.6 Å². The lowest BCUT2D eigenvalue weighted by Gasteiger charge is -2.32. The van der Waals surface area contributed by atoms with E-state index in [1.165, 1.54) is 38.5 Å². The first-order chi connectivity index (χ1) is 7.31. The van der Waals surface area contributed by atoms with Crippen molar-refractivity contribution >= 4 is 6.34 Å². The summed E-state index contributed by atoms with van der Waals surface area (Å²) in [5.74, 6) is 0.932. The normalized spacial score (nSPS) is 27.7. The zero-order valence-corrected chi connectivity index (χ0v) is 10.0. The van der Waals surface area contributed by atoms with Gasteiger partial charge in [-0.25, -0.2) is 0 Å². The Balaban J connectivity index is 1.86. The molecule has 0 aromatic heterocycles. The van der Waals surface area contributed by atoms with Gasteiger partial charge in [0.2, 0.25) is 0 Å². The van der Waals surface area contributed by atoms with Gasteiger partial charge in [0.15, 0.2) is 0 Å². The van der Waals surface area contributed by atoms with Gasteiger partial charge in [-0.05, 0) is 19.3 Å². The highest BCUT2D eigenvalue weighted by atomic mass is 15.6. The lowest BCUT2D eigenvalue weighted by molar-refractivity contribution is 0.123. The van der Waals surface area contributed by atoms with E-state index in [2.05, 4.69) is 29.0 Å². The molecule has 1 aliphatic carbocycles. The summed E-state index contributed by atoms with van der Waals surface area (Å²) in [7, 11) is 2.10. The van der Waals surface area contributed by atoms with E-state index in [9.17, 15) is 0 Å². The summed E-state index contributed by atoms with van der Waals surface area (Å²) >= 11 is 0. The van der Waals surface area contributed by atoms with Gasteiger partial charge in [-0.15, -0.1) is 0 Å². The molecule has 2 rings (SSSR count). The van der Waals surface area contributed by atoms with E-state index in [1.807, 2.05) is 6.34 Å². The fourth-order valence-corrected chi connectivity index (χ4v) is 2.82. The third-order valence-corrected chi connectivity index (χ3v) is 3.83. The van der Waals surface area contributed by atoms with Gasteiger partial charge in [0.1, 0.15) is 12.5 Å². The van der Waals surface area contributed by atoms with E-state index in [0.29, 0.717) is 6.17 Å². The molecule has 3 nitrogen and oxygen atoms in total. The molecule has 1 aliphatic heterocycles. The van der Waals surface area contributed by atoms with Crippen LogP contribution in [-0.2, 0) is 0 Å².